The molecule has 34 heavy (non-hydrogen) atoms. The van der Waals surface area contributed by atoms with Crippen molar-refractivity contribution in [3.05, 3.63) is 75.8 Å². The molecule has 0 radical (unpaired) electrons. The summed E-state index contributed by atoms with van der Waals surface area (Å²) in [6.45, 7) is 15.1. The first-order chi connectivity index (χ1) is 16.1. The number of ether oxygens (including phenoxy) is 1. The average Bonchev–Trinajstić information content (AvgIpc) is 3.02. The minimum atomic E-state index is -0.560. The van der Waals surface area contributed by atoms with Gasteiger partial charge in [-0.25, -0.2) is 4.79 Å². The van der Waals surface area contributed by atoms with Crippen molar-refractivity contribution in [1.82, 2.24) is 5.32 Å². The van der Waals surface area contributed by atoms with Crippen LogP contribution in [0.5, 0.6) is 0 Å². The summed E-state index contributed by atoms with van der Waals surface area (Å²) in [5.74, 6) is 0. The van der Waals surface area contributed by atoms with Gasteiger partial charge in [0.1, 0.15) is 6.61 Å². The highest BCUT2D eigenvalue weighted by molar-refractivity contribution is 6.56. The highest BCUT2D eigenvalue weighted by Gasteiger charge is 2.52. The Morgan fingerprint density at radius 3 is 2.09 bits per heavy atom. The molecule has 1 saturated heterocycles. The maximum absolute atomic E-state index is 12.5. The lowest BCUT2D eigenvalue weighted by atomic mass is 9.76. The lowest BCUT2D eigenvalue weighted by Gasteiger charge is -2.32. The third-order valence-electron chi connectivity index (χ3n) is 6.79. The predicted octanol–water partition coefficient (Wildman–Crippen LogP) is 6.06. The lowest BCUT2D eigenvalue weighted by Crippen LogP contribution is -2.41. The van der Waals surface area contributed by atoms with E-state index < -0.39 is 24.4 Å². The van der Waals surface area contributed by atoms with Crippen LogP contribution in [0.4, 0.5) is 4.79 Å². The molecule has 1 heterocycles. The molecule has 1 N–H and O–H groups in total. The summed E-state index contributed by atoms with van der Waals surface area (Å²) in [5.41, 5.74) is 5.85. The van der Waals surface area contributed by atoms with Crippen LogP contribution >= 0.6 is 0 Å². The zero-order valence-corrected chi connectivity index (χ0v) is 21.7. The fraction of sp³-hybridized carbons (Fsp3) is 0.464. The van der Waals surface area contributed by atoms with Gasteiger partial charge in [-0.3, -0.25) is 0 Å². The Kier molecular flexibility index (Phi) is 8.27. The van der Waals surface area contributed by atoms with Gasteiger partial charge in [0, 0.05) is 6.54 Å². The van der Waals surface area contributed by atoms with Gasteiger partial charge in [0.2, 0.25) is 0 Å². The van der Waals surface area contributed by atoms with Gasteiger partial charge in [-0.15, -0.1) is 0 Å². The van der Waals surface area contributed by atoms with Gasteiger partial charge in [0.25, 0.3) is 0 Å². The van der Waals surface area contributed by atoms with Crippen LogP contribution in [0.1, 0.15) is 69.4 Å². The number of carbonyl (C=O) groups is 1. The number of alkyl carbamates (subject to hydrolysis) is 1. The topological polar surface area (TPSA) is 56.8 Å². The van der Waals surface area contributed by atoms with Crippen LogP contribution in [0.25, 0.3) is 6.08 Å². The Labute approximate surface area is 205 Å². The highest BCUT2D eigenvalue weighted by Crippen LogP contribution is 2.39. The van der Waals surface area contributed by atoms with Crippen molar-refractivity contribution in [3.8, 4) is 0 Å². The molecule has 182 valence electrons. The molecule has 0 bridgehead atoms. The van der Waals surface area contributed by atoms with E-state index in [9.17, 15) is 4.79 Å². The number of hydrogen-bond acceptors (Lipinski definition) is 4. The molecule has 5 nitrogen and oxygen atoms in total. The van der Waals surface area contributed by atoms with E-state index in [0.29, 0.717) is 0 Å². The van der Waals surface area contributed by atoms with Crippen LogP contribution in [-0.4, -0.2) is 31.0 Å². The van der Waals surface area contributed by atoms with E-state index in [-0.39, 0.29) is 13.2 Å². The maximum atomic E-state index is 12.5. The molecular weight excluding hydrogens is 425 g/mol. The lowest BCUT2D eigenvalue weighted by molar-refractivity contribution is 0.00578. The number of nitrogens with one attached hydrogen (secondary N) is 1. The Morgan fingerprint density at radius 2 is 1.56 bits per heavy atom. The Morgan fingerprint density at radius 1 is 1.00 bits per heavy atom. The van der Waals surface area contributed by atoms with Crippen molar-refractivity contribution in [2.75, 3.05) is 6.54 Å². The number of amides is 1. The fourth-order valence-corrected chi connectivity index (χ4v) is 4.05. The van der Waals surface area contributed by atoms with Crippen molar-refractivity contribution in [2.24, 2.45) is 0 Å². The first kappa shape index (κ1) is 26.0. The van der Waals surface area contributed by atoms with Gasteiger partial charge in [-0.1, -0.05) is 68.0 Å². The van der Waals surface area contributed by atoms with Crippen molar-refractivity contribution >= 4 is 19.3 Å². The van der Waals surface area contributed by atoms with E-state index in [1.165, 1.54) is 22.3 Å². The van der Waals surface area contributed by atoms with Crippen molar-refractivity contribution in [1.29, 1.82) is 0 Å². The molecule has 0 aliphatic carbocycles. The third-order valence-corrected chi connectivity index (χ3v) is 6.79. The summed E-state index contributed by atoms with van der Waals surface area (Å²) < 4.78 is 18.1. The molecule has 0 atom stereocenters. The van der Waals surface area contributed by atoms with Crippen molar-refractivity contribution in [3.63, 3.8) is 0 Å². The molecule has 1 aliphatic heterocycles. The zero-order valence-electron chi connectivity index (χ0n) is 21.7. The molecule has 0 spiro atoms. The Hall–Kier alpha value is -2.57. The molecule has 2 aromatic carbocycles. The Bertz CT molecular complexity index is 989. The summed E-state index contributed by atoms with van der Waals surface area (Å²) in [6, 6.07) is 14.1. The predicted molar refractivity (Wildman–Crippen MR) is 139 cm³/mol. The summed E-state index contributed by atoms with van der Waals surface area (Å²) in [5, 5.41) is 2.90. The fourth-order valence-electron chi connectivity index (χ4n) is 4.05. The molecule has 0 unspecified atom stereocenters. The minimum Gasteiger partial charge on any atom is -0.445 e. The van der Waals surface area contributed by atoms with E-state index >= 15 is 0 Å². The van der Waals surface area contributed by atoms with E-state index in [1.807, 2.05) is 58.0 Å². The van der Waals surface area contributed by atoms with Gasteiger partial charge in [-0.2, -0.15) is 0 Å². The van der Waals surface area contributed by atoms with Crippen LogP contribution < -0.4 is 5.32 Å². The van der Waals surface area contributed by atoms with Gasteiger partial charge >= 0.3 is 13.2 Å². The normalized spacial score (nSPS) is 17.0. The monoisotopic (exact) mass is 463 g/mol. The maximum Gasteiger partial charge on any atom is 0.492 e. The second-order valence-corrected chi connectivity index (χ2v) is 9.93. The van der Waals surface area contributed by atoms with Crippen LogP contribution in [0.3, 0.4) is 0 Å². The second-order valence-electron chi connectivity index (χ2n) is 9.93. The van der Waals surface area contributed by atoms with Crippen molar-refractivity contribution < 1.29 is 18.8 Å². The number of benzene rings is 2. The third kappa shape index (κ3) is 6.11. The van der Waals surface area contributed by atoms with E-state index in [1.54, 1.807) is 0 Å². The van der Waals surface area contributed by atoms with Gasteiger partial charge in [0.15, 0.2) is 0 Å². The SMILES string of the molecule is CCc1cc(C)cc(CC)c1C=C(CNC(=O)OCc1ccccc1)B1OC(C)(C)C(C)(C)O1. The van der Waals surface area contributed by atoms with Crippen LogP contribution in [-0.2, 0) is 33.5 Å². The van der Waals surface area contributed by atoms with E-state index in [0.717, 1.165) is 23.9 Å². The standard InChI is InChI=1S/C28H38BNO4/c1-8-22-15-20(3)16-23(9-2)25(22)17-24(29-33-27(4,5)28(6,7)34-29)18-30-26(31)32-19-21-13-11-10-12-14-21/h10-17H,8-9,18-19H2,1-7H3,(H,30,31). The molecule has 6 heteroatoms. The minimum absolute atomic E-state index is 0.222. The number of aryl methyl sites for hydroxylation is 3. The summed E-state index contributed by atoms with van der Waals surface area (Å²) in [6.07, 6.45) is 3.51. The van der Waals surface area contributed by atoms with E-state index in [2.05, 4.69) is 44.3 Å². The molecule has 1 fully saturated rings. The first-order valence-corrected chi connectivity index (χ1v) is 12.2. The molecule has 3 rings (SSSR count). The summed E-state index contributed by atoms with van der Waals surface area (Å²) >= 11 is 0. The smallest absolute Gasteiger partial charge is 0.445 e. The molecule has 1 aliphatic rings. The average molecular weight is 463 g/mol. The first-order valence-electron chi connectivity index (χ1n) is 12.2. The number of carbonyl (C=O) groups excluding carboxylic acids is 1. The highest BCUT2D eigenvalue weighted by atomic mass is 16.7. The molecule has 1 amide bonds. The molecule has 0 aromatic heterocycles. The van der Waals surface area contributed by atoms with Crippen LogP contribution in [0, 0.1) is 6.92 Å². The number of rotatable bonds is 8. The number of hydrogen-bond donors (Lipinski definition) is 1. The molecule has 2 aromatic rings. The van der Waals surface area contributed by atoms with Gasteiger partial charge in [0.05, 0.1) is 11.2 Å². The largest absolute Gasteiger partial charge is 0.492 e. The molecule has 0 saturated carbocycles. The van der Waals surface area contributed by atoms with Crippen LogP contribution in [0.15, 0.2) is 47.9 Å². The van der Waals surface area contributed by atoms with Gasteiger partial charge < -0.3 is 19.4 Å². The second kappa shape index (κ2) is 10.8. The summed E-state index contributed by atoms with van der Waals surface area (Å²) in [4.78, 5) is 12.5. The molecular formula is C28H38BNO4. The zero-order chi connectivity index (χ0) is 24.9. The quantitative estimate of drug-likeness (QED) is 0.484. The Balaban J connectivity index is 1.86. The van der Waals surface area contributed by atoms with Gasteiger partial charge in [-0.05, 0) is 75.2 Å². The van der Waals surface area contributed by atoms with E-state index in [4.69, 9.17) is 14.0 Å². The van der Waals surface area contributed by atoms with Crippen molar-refractivity contribution in [2.45, 2.75) is 79.1 Å². The van der Waals surface area contributed by atoms with Crippen LogP contribution in [0.2, 0.25) is 0 Å². The summed E-state index contributed by atoms with van der Waals surface area (Å²) in [7, 11) is -0.560.